The molecule has 2 N–H and O–H groups in total. The van der Waals surface area contributed by atoms with Crippen LogP contribution in [0, 0.1) is 0 Å². The van der Waals surface area contributed by atoms with Crippen LogP contribution >= 0.6 is 23.8 Å². The minimum atomic E-state index is -0.308. The molecule has 2 rings (SSSR count). The van der Waals surface area contributed by atoms with Crippen molar-refractivity contribution in [1.29, 1.82) is 0 Å². The molecule has 26 heavy (non-hydrogen) atoms. The first-order valence-corrected chi connectivity index (χ1v) is 8.94. The molecule has 2 aromatic carbocycles. The molecule has 0 bridgehead atoms. The number of rotatable bonds is 6. The summed E-state index contributed by atoms with van der Waals surface area (Å²) in [5.41, 5.74) is 1.14. The first kappa shape index (κ1) is 20.0. The Labute approximate surface area is 163 Å². The molecule has 0 aliphatic carbocycles. The highest BCUT2D eigenvalue weighted by molar-refractivity contribution is 7.80. The Morgan fingerprint density at radius 3 is 2.50 bits per heavy atom. The molecule has 0 radical (unpaired) electrons. The van der Waals surface area contributed by atoms with E-state index < -0.39 is 0 Å². The zero-order valence-electron chi connectivity index (χ0n) is 14.8. The molecule has 0 saturated carbocycles. The third kappa shape index (κ3) is 5.61. The maximum absolute atomic E-state index is 12.3. The third-order valence-corrected chi connectivity index (χ3v) is 4.16. The van der Waals surface area contributed by atoms with E-state index in [9.17, 15) is 4.79 Å². The molecule has 1 amide bonds. The number of hydrogen-bond acceptors (Lipinski definition) is 4. The predicted octanol–water partition coefficient (Wildman–Crippen LogP) is 4.65. The van der Waals surface area contributed by atoms with Gasteiger partial charge in [-0.15, -0.1) is 0 Å². The minimum Gasteiger partial charge on any atom is -0.495 e. The second-order valence-electron chi connectivity index (χ2n) is 5.62. The van der Waals surface area contributed by atoms with Gasteiger partial charge in [-0.1, -0.05) is 18.5 Å². The van der Waals surface area contributed by atoms with Crippen LogP contribution in [0.2, 0.25) is 5.02 Å². The van der Waals surface area contributed by atoms with Gasteiger partial charge in [0.2, 0.25) is 0 Å². The Balaban J connectivity index is 1.94. The van der Waals surface area contributed by atoms with Crippen molar-refractivity contribution in [1.82, 2.24) is 5.32 Å². The summed E-state index contributed by atoms with van der Waals surface area (Å²) in [6, 6.07) is 12.1. The molecular weight excluding hydrogens is 372 g/mol. The Kier molecular flexibility index (Phi) is 7.24. The van der Waals surface area contributed by atoms with Gasteiger partial charge in [-0.2, -0.15) is 0 Å². The van der Waals surface area contributed by atoms with Gasteiger partial charge in [0.15, 0.2) is 5.11 Å². The summed E-state index contributed by atoms with van der Waals surface area (Å²) in [6.45, 7) is 4.05. The van der Waals surface area contributed by atoms with Crippen molar-refractivity contribution in [2.75, 3.05) is 12.4 Å². The van der Waals surface area contributed by atoms with Crippen molar-refractivity contribution in [3.8, 4) is 11.5 Å². The van der Waals surface area contributed by atoms with Crippen LogP contribution in [-0.4, -0.2) is 24.2 Å². The lowest BCUT2D eigenvalue weighted by atomic mass is 10.2. The van der Waals surface area contributed by atoms with E-state index in [0.29, 0.717) is 22.0 Å². The average molecular weight is 393 g/mol. The molecule has 5 nitrogen and oxygen atoms in total. The SMILES string of the molecule is CCC(C)Oc1ccc(C(=O)NC(=S)Nc2ccc(OC)c(Cl)c2)cc1. The molecule has 2 aromatic rings. The third-order valence-electron chi connectivity index (χ3n) is 3.67. The highest BCUT2D eigenvalue weighted by Gasteiger charge is 2.10. The van der Waals surface area contributed by atoms with E-state index in [4.69, 9.17) is 33.3 Å². The number of methoxy groups -OCH3 is 1. The van der Waals surface area contributed by atoms with E-state index >= 15 is 0 Å². The van der Waals surface area contributed by atoms with Gasteiger partial charge < -0.3 is 14.8 Å². The summed E-state index contributed by atoms with van der Waals surface area (Å²) in [6.07, 6.45) is 1.04. The summed E-state index contributed by atoms with van der Waals surface area (Å²) >= 11 is 11.2. The molecule has 0 saturated heterocycles. The summed E-state index contributed by atoms with van der Waals surface area (Å²) < 4.78 is 10.8. The summed E-state index contributed by atoms with van der Waals surface area (Å²) in [5.74, 6) is 0.980. The first-order valence-electron chi connectivity index (χ1n) is 8.15. The number of carbonyl (C=O) groups is 1. The van der Waals surface area contributed by atoms with E-state index in [0.717, 1.165) is 12.2 Å². The lowest BCUT2D eigenvalue weighted by molar-refractivity contribution is 0.0977. The van der Waals surface area contributed by atoms with E-state index in [1.54, 1.807) is 49.6 Å². The number of carbonyl (C=O) groups excluding carboxylic acids is 1. The fraction of sp³-hybridized carbons (Fsp3) is 0.263. The quantitative estimate of drug-likeness (QED) is 0.700. The fourth-order valence-electron chi connectivity index (χ4n) is 2.08. The van der Waals surface area contributed by atoms with Gasteiger partial charge in [0.05, 0.1) is 18.2 Å². The lowest BCUT2D eigenvalue weighted by Crippen LogP contribution is -2.34. The highest BCUT2D eigenvalue weighted by Crippen LogP contribution is 2.27. The van der Waals surface area contributed by atoms with Crippen LogP contribution in [-0.2, 0) is 0 Å². The normalized spacial score (nSPS) is 11.4. The molecule has 0 aliphatic rings. The molecule has 0 heterocycles. The van der Waals surface area contributed by atoms with Gasteiger partial charge in [-0.05, 0) is 68.0 Å². The largest absolute Gasteiger partial charge is 0.495 e. The molecular formula is C19H21ClN2O3S. The predicted molar refractivity (Wildman–Crippen MR) is 109 cm³/mol. The molecule has 0 aliphatic heterocycles. The summed E-state index contributed by atoms with van der Waals surface area (Å²) in [4.78, 5) is 12.3. The monoisotopic (exact) mass is 392 g/mol. The first-order chi connectivity index (χ1) is 12.4. The summed E-state index contributed by atoms with van der Waals surface area (Å²) in [7, 11) is 1.54. The van der Waals surface area contributed by atoms with Crippen molar-refractivity contribution in [2.45, 2.75) is 26.4 Å². The second kappa shape index (κ2) is 9.40. The highest BCUT2D eigenvalue weighted by atomic mass is 35.5. The Morgan fingerprint density at radius 2 is 1.92 bits per heavy atom. The topological polar surface area (TPSA) is 59.6 Å². The van der Waals surface area contributed by atoms with Gasteiger partial charge in [0.25, 0.3) is 5.91 Å². The lowest BCUT2D eigenvalue weighted by Gasteiger charge is -2.13. The van der Waals surface area contributed by atoms with Gasteiger partial charge in [-0.3, -0.25) is 10.1 Å². The Hall–Kier alpha value is -2.31. The van der Waals surface area contributed by atoms with Gasteiger partial charge in [0, 0.05) is 11.3 Å². The van der Waals surface area contributed by atoms with Crippen molar-refractivity contribution in [2.24, 2.45) is 0 Å². The van der Waals surface area contributed by atoms with E-state index in [1.807, 2.05) is 6.92 Å². The van der Waals surface area contributed by atoms with Crippen LogP contribution in [0.15, 0.2) is 42.5 Å². The number of anilines is 1. The fourth-order valence-corrected chi connectivity index (χ4v) is 2.55. The molecule has 1 unspecified atom stereocenters. The smallest absolute Gasteiger partial charge is 0.257 e. The van der Waals surface area contributed by atoms with Crippen LogP contribution in [0.3, 0.4) is 0 Å². The van der Waals surface area contributed by atoms with Gasteiger partial charge >= 0.3 is 0 Å². The molecule has 0 spiro atoms. The van der Waals surface area contributed by atoms with Crippen molar-refractivity contribution in [3.05, 3.63) is 53.1 Å². The number of ether oxygens (including phenoxy) is 2. The van der Waals surface area contributed by atoms with Crippen LogP contribution in [0.5, 0.6) is 11.5 Å². The minimum absolute atomic E-state index is 0.128. The van der Waals surface area contributed by atoms with Crippen molar-refractivity contribution >= 4 is 40.5 Å². The Morgan fingerprint density at radius 1 is 1.23 bits per heavy atom. The maximum Gasteiger partial charge on any atom is 0.257 e. The molecule has 7 heteroatoms. The van der Waals surface area contributed by atoms with E-state index in [1.165, 1.54) is 0 Å². The second-order valence-corrected chi connectivity index (χ2v) is 6.43. The number of thiocarbonyl (C=S) groups is 1. The number of nitrogens with one attached hydrogen (secondary N) is 2. The van der Waals surface area contributed by atoms with Crippen LogP contribution in [0.1, 0.15) is 30.6 Å². The molecule has 0 aromatic heterocycles. The zero-order chi connectivity index (χ0) is 19.1. The number of amides is 1. The number of hydrogen-bond donors (Lipinski definition) is 2. The van der Waals surface area contributed by atoms with E-state index in [-0.39, 0.29) is 17.1 Å². The molecule has 0 fully saturated rings. The van der Waals surface area contributed by atoms with E-state index in [2.05, 4.69) is 17.6 Å². The maximum atomic E-state index is 12.3. The van der Waals surface area contributed by atoms with Crippen LogP contribution in [0.25, 0.3) is 0 Å². The zero-order valence-corrected chi connectivity index (χ0v) is 16.4. The molecule has 1 atom stereocenters. The van der Waals surface area contributed by atoms with Crippen LogP contribution < -0.4 is 20.1 Å². The van der Waals surface area contributed by atoms with Gasteiger partial charge in [0.1, 0.15) is 11.5 Å². The average Bonchev–Trinajstić information content (AvgIpc) is 2.62. The van der Waals surface area contributed by atoms with Crippen molar-refractivity contribution < 1.29 is 14.3 Å². The molecule has 138 valence electrons. The Bertz CT molecular complexity index is 781. The van der Waals surface area contributed by atoms with Crippen molar-refractivity contribution in [3.63, 3.8) is 0 Å². The summed E-state index contributed by atoms with van der Waals surface area (Å²) in [5, 5.41) is 6.17. The van der Waals surface area contributed by atoms with Gasteiger partial charge in [-0.25, -0.2) is 0 Å². The number of benzene rings is 2. The van der Waals surface area contributed by atoms with Crippen LogP contribution in [0.4, 0.5) is 5.69 Å². The standard InChI is InChI=1S/C19H21ClN2O3S/c1-4-12(2)25-15-8-5-13(6-9-15)18(23)22-19(26)21-14-7-10-17(24-3)16(20)11-14/h5-12H,4H2,1-3H3,(H2,21,22,23,26). The number of halogens is 1.